The number of benzene rings is 1. The van der Waals surface area contributed by atoms with Crippen molar-refractivity contribution >= 4 is 5.84 Å². The number of halogens is 1. The summed E-state index contributed by atoms with van der Waals surface area (Å²) in [5, 5.41) is 0. The molecule has 0 amide bonds. The van der Waals surface area contributed by atoms with Crippen LogP contribution < -0.4 is 11.3 Å². The highest BCUT2D eigenvalue weighted by molar-refractivity contribution is 5.84. The first-order valence-corrected chi connectivity index (χ1v) is 7.05. The number of hydrazine groups is 1. The lowest BCUT2D eigenvalue weighted by atomic mass is 10.1. The van der Waals surface area contributed by atoms with Gasteiger partial charge in [0, 0.05) is 6.42 Å². The molecule has 0 aliphatic heterocycles. The third-order valence-corrected chi connectivity index (χ3v) is 3.59. The van der Waals surface area contributed by atoms with Crippen LogP contribution >= 0.6 is 0 Å². The Morgan fingerprint density at radius 3 is 2.63 bits per heavy atom. The Balaban J connectivity index is 2.02. The third-order valence-electron chi connectivity index (χ3n) is 3.59. The highest BCUT2D eigenvalue weighted by atomic mass is 19.1. The molecule has 19 heavy (non-hydrogen) atoms. The maximum absolute atomic E-state index is 13.1. The van der Waals surface area contributed by atoms with Crippen LogP contribution in [0, 0.1) is 5.82 Å². The zero-order chi connectivity index (χ0) is 13.5. The molecule has 3 N–H and O–H groups in total. The molecule has 0 heterocycles. The quantitative estimate of drug-likeness (QED) is 0.289. The second-order valence-electron chi connectivity index (χ2n) is 5.17. The average molecular weight is 263 g/mol. The van der Waals surface area contributed by atoms with E-state index in [1.807, 2.05) is 6.07 Å². The van der Waals surface area contributed by atoms with E-state index in [9.17, 15) is 4.39 Å². The summed E-state index contributed by atoms with van der Waals surface area (Å²) in [5.41, 5.74) is 3.56. The molecule has 4 heteroatoms. The predicted molar refractivity (Wildman–Crippen MR) is 76.4 cm³/mol. The zero-order valence-corrected chi connectivity index (χ0v) is 11.2. The van der Waals surface area contributed by atoms with Gasteiger partial charge in [-0.1, -0.05) is 37.8 Å². The summed E-state index contributed by atoms with van der Waals surface area (Å²) >= 11 is 0. The van der Waals surface area contributed by atoms with E-state index >= 15 is 0 Å². The first kappa shape index (κ1) is 14.0. The highest BCUT2D eigenvalue weighted by Crippen LogP contribution is 2.20. The molecule has 0 saturated heterocycles. The van der Waals surface area contributed by atoms with Crippen LogP contribution in [0.4, 0.5) is 4.39 Å². The van der Waals surface area contributed by atoms with E-state index in [-0.39, 0.29) is 5.82 Å². The summed E-state index contributed by atoms with van der Waals surface area (Å²) in [5.74, 6) is 6.07. The van der Waals surface area contributed by atoms with E-state index in [1.165, 1.54) is 37.8 Å². The van der Waals surface area contributed by atoms with E-state index in [2.05, 4.69) is 5.43 Å². The van der Waals surface area contributed by atoms with Gasteiger partial charge < -0.3 is 5.43 Å². The second-order valence-corrected chi connectivity index (χ2v) is 5.17. The molecule has 1 aromatic rings. The summed E-state index contributed by atoms with van der Waals surface area (Å²) < 4.78 is 13.1. The van der Waals surface area contributed by atoms with Crippen LogP contribution in [0.1, 0.15) is 44.1 Å². The van der Waals surface area contributed by atoms with Gasteiger partial charge in [0.25, 0.3) is 0 Å². The van der Waals surface area contributed by atoms with Gasteiger partial charge in [-0.15, -0.1) is 0 Å². The van der Waals surface area contributed by atoms with Gasteiger partial charge >= 0.3 is 0 Å². The van der Waals surface area contributed by atoms with Crippen LogP contribution in [0.2, 0.25) is 0 Å². The molecular weight excluding hydrogens is 241 g/mol. The van der Waals surface area contributed by atoms with Crippen molar-refractivity contribution in [2.45, 2.75) is 51.0 Å². The predicted octanol–water partition coefficient (Wildman–Crippen LogP) is 2.95. The smallest absolute Gasteiger partial charge is 0.123 e. The molecular formula is C15H22FN3. The standard InChI is InChI=1S/C15H22FN3/c16-13-7-5-6-12(10-13)11-15(19-17)18-14-8-3-1-2-4-9-14/h5-7,10,14H,1-4,8-9,11,17H2,(H,18,19). The molecule has 1 fully saturated rings. The van der Waals surface area contributed by atoms with Gasteiger partial charge in [-0.05, 0) is 30.5 Å². The van der Waals surface area contributed by atoms with E-state index < -0.39 is 0 Å². The number of nitrogens with zero attached hydrogens (tertiary/aromatic N) is 1. The largest absolute Gasteiger partial charge is 0.312 e. The van der Waals surface area contributed by atoms with Gasteiger partial charge in [0.1, 0.15) is 11.7 Å². The molecule has 3 nitrogen and oxygen atoms in total. The lowest BCUT2D eigenvalue weighted by Gasteiger charge is -2.12. The number of hydrogen-bond acceptors (Lipinski definition) is 2. The molecule has 1 aliphatic rings. The molecule has 0 unspecified atom stereocenters. The van der Waals surface area contributed by atoms with Crippen LogP contribution in [-0.4, -0.2) is 11.9 Å². The maximum atomic E-state index is 13.1. The van der Waals surface area contributed by atoms with Gasteiger partial charge in [0.2, 0.25) is 0 Å². The summed E-state index contributed by atoms with van der Waals surface area (Å²) in [6.45, 7) is 0. The van der Waals surface area contributed by atoms with Crippen LogP contribution in [0.15, 0.2) is 29.3 Å². The van der Waals surface area contributed by atoms with E-state index in [1.54, 1.807) is 6.07 Å². The topological polar surface area (TPSA) is 50.4 Å². The van der Waals surface area contributed by atoms with Gasteiger partial charge in [-0.25, -0.2) is 10.2 Å². The average Bonchev–Trinajstić information content (AvgIpc) is 2.66. The van der Waals surface area contributed by atoms with E-state index in [0.717, 1.165) is 24.2 Å². The fourth-order valence-electron chi connectivity index (χ4n) is 2.58. The fraction of sp³-hybridized carbons (Fsp3) is 0.533. The lowest BCUT2D eigenvalue weighted by molar-refractivity contribution is 0.581. The van der Waals surface area contributed by atoms with E-state index in [4.69, 9.17) is 10.8 Å². The molecule has 1 aromatic carbocycles. The van der Waals surface area contributed by atoms with Gasteiger partial charge in [0.05, 0.1) is 6.04 Å². The summed E-state index contributed by atoms with van der Waals surface area (Å²) in [7, 11) is 0. The van der Waals surface area contributed by atoms with Gasteiger partial charge in [-0.3, -0.25) is 4.99 Å². The number of nitrogens with one attached hydrogen (secondary N) is 1. The highest BCUT2D eigenvalue weighted by Gasteiger charge is 2.12. The Labute approximate surface area is 114 Å². The maximum Gasteiger partial charge on any atom is 0.123 e. The Kier molecular flexibility index (Phi) is 5.33. The molecule has 104 valence electrons. The second kappa shape index (κ2) is 7.24. The van der Waals surface area contributed by atoms with Crippen LogP contribution in [0.5, 0.6) is 0 Å². The minimum absolute atomic E-state index is 0.219. The van der Waals surface area contributed by atoms with Crippen LogP contribution in [0.25, 0.3) is 0 Å². The molecule has 1 saturated carbocycles. The van der Waals surface area contributed by atoms with Crippen molar-refractivity contribution in [3.05, 3.63) is 35.6 Å². The first-order chi connectivity index (χ1) is 9.28. The summed E-state index contributed by atoms with van der Waals surface area (Å²) in [6.07, 6.45) is 7.92. The number of rotatable bonds is 3. The Morgan fingerprint density at radius 2 is 2.00 bits per heavy atom. The van der Waals surface area contributed by atoms with Crippen molar-refractivity contribution in [2.75, 3.05) is 0 Å². The number of hydrogen-bond donors (Lipinski definition) is 2. The van der Waals surface area contributed by atoms with Crippen LogP contribution in [-0.2, 0) is 6.42 Å². The zero-order valence-electron chi connectivity index (χ0n) is 11.2. The van der Waals surface area contributed by atoms with Crippen molar-refractivity contribution in [1.82, 2.24) is 5.43 Å². The van der Waals surface area contributed by atoms with Crippen LogP contribution in [0.3, 0.4) is 0 Å². The summed E-state index contributed by atoms with van der Waals surface area (Å²) in [4.78, 5) is 4.70. The van der Waals surface area contributed by atoms with Crippen molar-refractivity contribution in [1.29, 1.82) is 0 Å². The molecule has 0 spiro atoms. The van der Waals surface area contributed by atoms with Crippen molar-refractivity contribution in [3.63, 3.8) is 0 Å². The normalized spacial score (nSPS) is 18.1. The van der Waals surface area contributed by atoms with Crippen molar-refractivity contribution < 1.29 is 4.39 Å². The minimum atomic E-state index is -0.219. The van der Waals surface area contributed by atoms with E-state index in [0.29, 0.717) is 12.5 Å². The molecule has 0 bridgehead atoms. The Hall–Kier alpha value is -1.42. The number of nitrogens with two attached hydrogens (primary N) is 1. The minimum Gasteiger partial charge on any atom is -0.312 e. The molecule has 2 rings (SSSR count). The first-order valence-electron chi connectivity index (χ1n) is 7.05. The Morgan fingerprint density at radius 1 is 1.26 bits per heavy atom. The number of aliphatic imine (C=N–C) groups is 1. The molecule has 0 radical (unpaired) electrons. The molecule has 1 aliphatic carbocycles. The van der Waals surface area contributed by atoms with Crippen molar-refractivity contribution in [2.24, 2.45) is 10.8 Å². The van der Waals surface area contributed by atoms with Crippen molar-refractivity contribution in [3.8, 4) is 0 Å². The summed E-state index contributed by atoms with van der Waals surface area (Å²) in [6, 6.07) is 6.94. The van der Waals surface area contributed by atoms with Gasteiger partial charge in [0.15, 0.2) is 0 Å². The monoisotopic (exact) mass is 263 g/mol. The third kappa shape index (κ3) is 4.63. The Bertz CT molecular complexity index is 423. The molecule has 0 aromatic heterocycles. The molecule has 0 atom stereocenters. The number of amidine groups is 1. The lowest BCUT2D eigenvalue weighted by Crippen LogP contribution is -2.33. The fourth-order valence-corrected chi connectivity index (χ4v) is 2.58. The van der Waals surface area contributed by atoms with Gasteiger partial charge in [-0.2, -0.15) is 0 Å². The SMILES string of the molecule is NNC(Cc1cccc(F)c1)=NC1CCCCCC1.